The van der Waals surface area contributed by atoms with Crippen LogP contribution in [0.15, 0.2) is 5.38 Å². The molecule has 1 saturated carbocycles. The van der Waals surface area contributed by atoms with Crippen molar-refractivity contribution in [3.8, 4) is 0 Å². The van der Waals surface area contributed by atoms with E-state index in [4.69, 9.17) is 21.1 Å². The van der Waals surface area contributed by atoms with Gasteiger partial charge < -0.3 is 14.4 Å². The summed E-state index contributed by atoms with van der Waals surface area (Å²) in [7, 11) is 2.09. The van der Waals surface area contributed by atoms with Crippen LogP contribution in [0.3, 0.4) is 0 Å². The number of thiazole rings is 1. The van der Waals surface area contributed by atoms with Gasteiger partial charge in [0.25, 0.3) is 0 Å². The van der Waals surface area contributed by atoms with Crippen molar-refractivity contribution in [1.29, 1.82) is 0 Å². The number of aromatic nitrogens is 1. The molecule has 100 valence electrons. The monoisotopic (exact) mass is 288 g/mol. The van der Waals surface area contributed by atoms with Crippen LogP contribution in [0.4, 0.5) is 5.13 Å². The van der Waals surface area contributed by atoms with Crippen LogP contribution in [0.5, 0.6) is 0 Å². The molecule has 6 heteroatoms. The summed E-state index contributed by atoms with van der Waals surface area (Å²) in [6.45, 7) is 1.48. The van der Waals surface area contributed by atoms with Crippen molar-refractivity contribution in [3.63, 3.8) is 0 Å². The number of nitrogens with zero attached hydrogens (tertiary/aromatic N) is 2. The zero-order valence-electron chi connectivity index (χ0n) is 10.4. The third-order valence-corrected chi connectivity index (χ3v) is 5.10. The zero-order chi connectivity index (χ0) is 12.6. The number of rotatable bonds is 2. The van der Waals surface area contributed by atoms with Crippen molar-refractivity contribution in [2.24, 2.45) is 0 Å². The molecule has 1 aliphatic heterocycles. The van der Waals surface area contributed by atoms with Gasteiger partial charge >= 0.3 is 0 Å². The summed E-state index contributed by atoms with van der Waals surface area (Å²) < 4.78 is 11.5. The van der Waals surface area contributed by atoms with Crippen molar-refractivity contribution >= 4 is 28.1 Å². The number of halogens is 1. The SMILES string of the molecule is CN(c1nc(Cl)cs1)C1CCC2(CC1)OCCO2. The van der Waals surface area contributed by atoms with E-state index in [1.807, 2.05) is 5.38 Å². The van der Waals surface area contributed by atoms with Gasteiger partial charge in [0.1, 0.15) is 5.15 Å². The third kappa shape index (κ3) is 2.37. The average Bonchev–Trinajstić information content (AvgIpc) is 3.00. The Bertz CT molecular complexity index is 410. The lowest BCUT2D eigenvalue weighted by Crippen LogP contribution is -2.42. The van der Waals surface area contributed by atoms with E-state index in [1.54, 1.807) is 11.3 Å². The summed E-state index contributed by atoms with van der Waals surface area (Å²) in [5, 5.41) is 3.45. The van der Waals surface area contributed by atoms with Gasteiger partial charge in [-0.15, -0.1) is 11.3 Å². The number of ether oxygens (including phenoxy) is 2. The molecular weight excluding hydrogens is 272 g/mol. The van der Waals surface area contributed by atoms with Gasteiger partial charge in [-0.25, -0.2) is 4.98 Å². The highest BCUT2D eigenvalue weighted by atomic mass is 35.5. The molecule has 2 aliphatic rings. The number of hydrogen-bond acceptors (Lipinski definition) is 5. The van der Waals surface area contributed by atoms with Crippen molar-refractivity contribution < 1.29 is 9.47 Å². The summed E-state index contributed by atoms with van der Waals surface area (Å²) in [5.41, 5.74) is 0. The minimum atomic E-state index is -0.280. The molecule has 0 atom stereocenters. The van der Waals surface area contributed by atoms with Crippen LogP contribution in [-0.2, 0) is 9.47 Å². The van der Waals surface area contributed by atoms with Gasteiger partial charge in [0, 0.05) is 31.3 Å². The summed E-state index contributed by atoms with van der Waals surface area (Å²) in [6.07, 6.45) is 4.10. The molecule has 4 nitrogen and oxygen atoms in total. The van der Waals surface area contributed by atoms with Gasteiger partial charge in [0.05, 0.1) is 13.2 Å². The van der Waals surface area contributed by atoms with E-state index in [9.17, 15) is 0 Å². The molecule has 0 radical (unpaired) electrons. The summed E-state index contributed by atoms with van der Waals surface area (Å²) in [6, 6.07) is 0.505. The largest absolute Gasteiger partial charge is 0.348 e. The Morgan fingerprint density at radius 2 is 2.06 bits per heavy atom. The molecule has 1 saturated heterocycles. The molecule has 0 amide bonds. The maximum atomic E-state index is 5.87. The van der Waals surface area contributed by atoms with Crippen LogP contribution >= 0.6 is 22.9 Å². The molecule has 1 aromatic rings. The lowest BCUT2D eigenvalue weighted by atomic mass is 9.89. The maximum absolute atomic E-state index is 5.87. The zero-order valence-corrected chi connectivity index (χ0v) is 12.0. The van der Waals surface area contributed by atoms with E-state index in [2.05, 4.69) is 16.9 Å². The fraction of sp³-hybridized carbons (Fsp3) is 0.750. The molecule has 2 heterocycles. The Kier molecular flexibility index (Phi) is 3.49. The fourth-order valence-corrected chi connectivity index (χ4v) is 3.76. The first-order valence-corrected chi connectivity index (χ1v) is 7.56. The van der Waals surface area contributed by atoms with Gasteiger partial charge in [0.15, 0.2) is 10.9 Å². The van der Waals surface area contributed by atoms with E-state index in [-0.39, 0.29) is 5.79 Å². The summed E-state index contributed by atoms with van der Waals surface area (Å²) in [5.74, 6) is -0.280. The predicted octanol–water partition coefficient (Wildman–Crippen LogP) is 2.92. The molecule has 0 unspecified atom stereocenters. The smallest absolute Gasteiger partial charge is 0.186 e. The fourth-order valence-electron chi connectivity index (χ4n) is 2.78. The van der Waals surface area contributed by atoms with E-state index in [1.165, 1.54) is 0 Å². The molecule has 18 heavy (non-hydrogen) atoms. The molecular formula is C12H17ClN2O2S. The van der Waals surface area contributed by atoms with Crippen LogP contribution in [0, 0.1) is 0 Å². The quantitative estimate of drug-likeness (QED) is 0.838. The number of anilines is 1. The molecule has 2 fully saturated rings. The highest BCUT2D eigenvalue weighted by Gasteiger charge is 2.41. The predicted molar refractivity (Wildman–Crippen MR) is 72.4 cm³/mol. The lowest BCUT2D eigenvalue weighted by Gasteiger charge is -2.38. The van der Waals surface area contributed by atoms with Gasteiger partial charge in [-0.2, -0.15) is 0 Å². The highest BCUT2D eigenvalue weighted by Crippen LogP contribution is 2.38. The summed E-state index contributed by atoms with van der Waals surface area (Å²) in [4.78, 5) is 6.56. The second-order valence-corrected chi connectivity index (χ2v) is 6.13. The Morgan fingerprint density at radius 1 is 1.39 bits per heavy atom. The van der Waals surface area contributed by atoms with E-state index >= 15 is 0 Å². The first-order valence-electron chi connectivity index (χ1n) is 6.30. The molecule has 0 bridgehead atoms. The third-order valence-electron chi connectivity index (χ3n) is 3.84. The van der Waals surface area contributed by atoms with Crippen LogP contribution in [0.2, 0.25) is 5.15 Å². The molecule has 0 N–H and O–H groups in total. The molecule has 1 spiro atoms. The van der Waals surface area contributed by atoms with Crippen molar-refractivity contribution in [1.82, 2.24) is 4.98 Å². The van der Waals surface area contributed by atoms with E-state index < -0.39 is 0 Å². The Hall–Kier alpha value is -0.360. The van der Waals surface area contributed by atoms with Crippen molar-refractivity contribution in [2.75, 3.05) is 25.2 Å². The van der Waals surface area contributed by atoms with Crippen LogP contribution in [0.1, 0.15) is 25.7 Å². The van der Waals surface area contributed by atoms with E-state index in [0.29, 0.717) is 11.2 Å². The lowest BCUT2D eigenvalue weighted by molar-refractivity contribution is -0.178. The van der Waals surface area contributed by atoms with Crippen molar-refractivity contribution in [3.05, 3.63) is 10.5 Å². The van der Waals surface area contributed by atoms with Gasteiger partial charge in [-0.05, 0) is 12.8 Å². The minimum absolute atomic E-state index is 0.280. The van der Waals surface area contributed by atoms with Gasteiger partial charge in [-0.1, -0.05) is 11.6 Å². The molecule has 1 aliphatic carbocycles. The van der Waals surface area contributed by atoms with Crippen LogP contribution in [-0.4, -0.2) is 37.1 Å². The second kappa shape index (κ2) is 4.96. The standard InChI is InChI=1S/C12H17ClN2O2S/c1-15(11-14-10(13)8-18-11)9-2-4-12(5-3-9)16-6-7-17-12/h8-9H,2-7H2,1H3. The average molecular weight is 289 g/mol. The Morgan fingerprint density at radius 3 is 2.61 bits per heavy atom. The number of hydrogen-bond donors (Lipinski definition) is 0. The Labute approximate surface area is 116 Å². The van der Waals surface area contributed by atoms with Gasteiger partial charge in [-0.3, -0.25) is 0 Å². The van der Waals surface area contributed by atoms with Crippen LogP contribution < -0.4 is 4.90 Å². The highest BCUT2D eigenvalue weighted by molar-refractivity contribution is 7.14. The molecule has 0 aromatic carbocycles. The second-order valence-electron chi connectivity index (χ2n) is 4.90. The Balaban J connectivity index is 1.62. The molecule has 1 aromatic heterocycles. The topological polar surface area (TPSA) is 34.6 Å². The first kappa shape index (κ1) is 12.7. The van der Waals surface area contributed by atoms with Crippen molar-refractivity contribution in [2.45, 2.75) is 37.5 Å². The summed E-state index contributed by atoms with van der Waals surface area (Å²) >= 11 is 7.47. The van der Waals surface area contributed by atoms with Gasteiger partial charge in [0.2, 0.25) is 0 Å². The van der Waals surface area contributed by atoms with E-state index in [0.717, 1.165) is 44.0 Å². The normalized spacial score (nSPS) is 23.7. The maximum Gasteiger partial charge on any atom is 0.186 e. The molecule has 3 rings (SSSR count). The minimum Gasteiger partial charge on any atom is -0.348 e. The first-order chi connectivity index (χ1) is 8.69. The van der Waals surface area contributed by atoms with Crippen LogP contribution in [0.25, 0.3) is 0 Å².